The molecule has 1 aromatic heterocycles. The maximum absolute atomic E-state index is 14.9. The molecular weight excluding hydrogens is 365 g/mol. The molecule has 5 nitrogen and oxygen atoms in total. The minimum Gasteiger partial charge on any atom is -0.398 e. The summed E-state index contributed by atoms with van der Waals surface area (Å²) in [6.45, 7) is 8.11. The molecular formula is C17H22BF4N3O2. The third-order valence-corrected chi connectivity index (χ3v) is 5.43. The fourth-order valence-corrected chi connectivity index (χ4v) is 3.03. The Balaban J connectivity index is 1.70. The van der Waals surface area contributed by atoms with Gasteiger partial charge in [-0.15, -0.1) is 0 Å². The highest BCUT2D eigenvalue weighted by atomic mass is 19.4. The summed E-state index contributed by atoms with van der Waals surface area (Å²) in [6, 6.07) is 0.916. The van der Waals surface area contributed by atoms with E-state index in [4.69, 9.17) is 9.31 Å². The Morgan fingerprint density at radius 1 is 1.07 bits per heavy atom. The first-order chi connectivity index (χ1) is 12.4. The first kappa shape index (κ1) is 20.1. The van der Waals surface area contributed by atoms with Crippen LogP contribution in [0.4, 0.5) is 23.4 Å². The molecule has 2 aliphatic heterocycles. The molecule has 2 aliphatic rings. The van der Waals surface area contributed by atoms with E-state index in [1.54, 1.807) is 4.90 Å². The van der Waals surface area contributed by atoms with Gasteiger partial charge in [-0.25, -0.2) is 14.4 Å². The summed E-state index contributed by atoms with van der Waals surface area (Å²) in [7, 11) is -1.05. The van der Waals surface area contributed by atoms with E-state index in [0.29, 0.717) is 31.5 Å². The summed E-state index contributed by atoms with van der Waals surface area (Å²) < 4.78 is 64.7. The minimum atomic E-state index is -4.53. The molecule has 0 aromatic carbocycles. The molecule has 0 aliphatic carbocycles. The SMILES string of the molecule is CC1(C)OB(C(F)=C2CCN(c3cc(C(F)(F)F)ncn3)CC2)OC1(C)C. The quantitative estimate of drug-likeness (QED) is 0.568. The van der Waals surface area contributed by atoms with Crippen LogP contribution >= 0.6 is 0 Å². The van der Waals surface area contributed by atoms with Crippen LogP contribution in [0.15, 0.2) is 23.7 Å². The van der Waals surface area contributed by atoms with Gasteiger partial charge in [0, 0.05) is 19.2 Å². The zero-order valence-corrected chi connectivity index (χ0v) is 15.7. The van der Waals surface area contributed by atoms with Gasteiger partial charge in [-0.2, -0.15) is 13.2 Å². The molecule has 10 heteroatoms. The smallest absolute Gasteiger partial charge is 0.398 e. The zero-order chi connectivity index (χ0) is 20.0. The average molecular weight is 387 g/mol. The second kappa shape index (κ2) is 6.74. The predicted octanol–water partition coefficient (Wildman–Crippen LogP) is 3.95. The molecule has 0 amide bonds. The lowest BCUT2D eigenvalue weighted by molar-refractivity contribution is -0.141. The topological polar surface area (TPSA) is 47.5 Å². The molecule has 1 aromatic rings. The molecule has 0 bridgehead atoms. The van der Waals surface area contributed by atoms with Crippen molar-refractivity contribution in [3.8, 4) is 0 Å². The molecule has 3 heterocycles. The van der Waals surface area contributed by atoms with Crippen LogP contribution in [-0.4, -0.2) is 41.4 Å². The summed E-state index contributed by atoms with van der Waals surface area (Å²) in [5.74, 6) is 0.187. The van der Waals surface area contributed by atoms with Gasteiger partial charge in [0.25, 0.3) is 0 Å². The van der Waals surface area contributed by atoms with Crippen LogP contribution in [0.1, 0.15) is 46.2 Å². The molecule has 2 fully saturated rings. The van der Waals surface area contributed by atoms with Crippen molar-refractivity contribution in [2.45, 2.75) is 57.9 Å². The first-order valence-electron chi connectivity index (χ1n) is 8.78. The van der Waals surface area contributed by atoms with Crippen molar-refractivity contribution >= 4 is 12.9 Å². The molecule has 0 saturated carbocycles. The number of piperidine rings is 1. The summed E-state index contributed by atoms with van der Waals surface area (Å²) in [5, 5.41) is 0. The molecule has 0 atom stereocenters. The van der Waals surface area contributed by atoms with Crippen molar-refractivity contribution in [1.29, 1.82) is 0 Å². The monoisotopic (exact) mass is 387 g/mol. The van der Waals surface area contributed by atoms with E-state index in [1.807, 2.05) is 27.7 Å². The normalized spacial score (nSPS) is 22.3. The van der Waals surface area contributed by atoms with Gasteiger partial charge in [-0.05, 0) is 46.1 Å². The van der Waals surface area contributed by atoms with E-state index in [2.05, 4.69) is 9.97 Å². The second-order valence-corrected chi connectivity index (χ2v) is 7.79. The minimum absolute atomic E-state index is 0.187. The van der Waals surface area contributed by atoms with E-state index in [9.17, 15) is 17.6 Å². The number of halogens is 4. The van der Waals surface area contributed by atoms with Gasteiger partial charge in [-0.3, -0.25) is 0 Å². The number of hydrogen-bond acceptors (Lipinski definition) is 5. The van der Waals surface area contributed by atoms with E-state index in [-0.39, 0.29) is 5.82 Å². The standard InChI is InChI=1S/C17H22BF4N3O2/c1-15(2)16(3,4)27-18(26-15)14(19)11-5-7-25(8-6-11)13-9-12(17(20,21)22)23-10-24-13/h9-10H,5-8H2,1-4H3. The third kappa shape index (κ3) is 3.96. The van der Waals surface area contributed by atoms with Gasteiger partial charge < -0.3 is 14.2 Å². The molecule has 0 N–H and O–H groups in total. The fourth-order valence-electron chi connectivity index (χ4n) is 3.03. The predicted molar refractivity (Wildman–Crippen MR) is 92.7 cm³/mol. The van der Waals surface area contributed by atoms with Gasteiger partial charge in [-0.1, -0.05) is 0 Å². The lowest BCUT2D eigenvalue weighted by Crippen LogP contribution is -2.41. The number of hydrogen-bond donors (Lipinski definition) is 0. The molecule has 0 radical (unpaired) electrons. The van der Waals surface area contributed by atoms with Crippen LogP contribution in [0.2, 0.25) is 0 Å². The highest BCUT2D eigenvalue weighted by Crippen LogP contribution is 2.40. The van der Waals surface area contributed by atoms with Crippen LogP contribution in [0, 0.1) is 0 Å². The summed E-state index contributed by atoms with van der Waals surface area (Å²) >= 11 is 0. The first-order valence-corrected chi connectivity index (χ1v) is 8.78. The summed E-state index contributed by atoms with van der Waals surface area (Å²) in [6.07, 6.45) is -2.90. The van der Waals surface area contributed by atoms with Crippen LogP contribution in [0.3, 0.4) is 0 Å². The molecule has 3 rings (SSSR count). The highest BCUT2D eigenvalue weighted by molar-refractivity contribution is 6.53. The van der Waals surface area contributed by atoms with Crippen molar-refractivity contribution in [2.75, 3.05) is 18.0 Å². The Hall–Kier alpha value is -1.68. The van der Waals surface area contributed by atoms with E-state index in [1.165, 1.54) is 0 Å². The van der Waals surface area contributed by atoms with Crippen LogP contribution in [0.5, 0.6) is 0 Å². The molecule has 27 heavy (non-hydrogen) atoms. The van der Waals surface area contributed by atoms with E-state index >= 15 is 0 Å². The van der Waals surface area contributed by atoms with E-state index < -0.39 is 35.9 Å². The Bertz CT molecular complexity index is 726. The van der Waals surface area contributed by atoms with Gasteiger partial charge in [0.1, 0.15) is 23.6 Å². The molecule has 148 valence electrons. The van der Waals surface area contributed by atoms with Crippen LogP contribution in [0.25, 0.3) is 0 Å². The second-order valence-electron chi connectivity index (χ2n) is 7.79. The van der Waals surface area contributed by atoms with Crippen LogP contribution < -0.4 is 4.90 Å². The van der Waals surface area contributed by atoms with Gasteiger partial charge >= 0.3 is 13.3 Å². The maximum Gasteiger partial charge on any atom is 0.525 e. The highest BCUT2D eigenvalue weighted by Gasteiger charge is 2.53. The van der Waals surface area contributed by atoms with Crippen molar-refractivity contribution in [1.82, 2.24) is 9.97 Å². The number of nitrogens with zero attached hydrogens (tertiary/aromatic N) is 3. The van der Waals surface area contributed by atoms with Gasteiger partial charge in [0.05, 0.1) is 11.2 Å². The molecule has 0 spiro atoms. The number of alkyl halides is 3. The summed E-state index contributed by atoms with van der Waals surface area (Å²) in [4.78, 5) is 8.87. The number of anilines is 1. The fraction of sp³-hybridized carbons (Fsp3) is 0.647. The van der Waals surface area contributed by atoms with Crippen molar-refractivity contribution < 1.29 is 26.9 Å². The lowest BCUT2D eigenvalue weighted by Gasteiger charge is -2.32. The van der Waals surface area contributed by atoms with Crippen molar-refractivity contribution in [2.24, 2.45) is 0 Å². The van der Waals surface area contributed by atoms with Crippen LogP contribution in [-0.2, 0) is 15.5 Å². The molecule has 2 saturated heterocycles. The van der Waals surface area contributed by atoms with E-state index in [0.717, 1.165) is 12.4 Å². The van der Waals surface area contributed by atoms with Gasteiger partial charge in [0.15, 0.2) is 0 Å². The Morgan fingerprint density at radius 2 is 1.63 bits per heavy atom. The zero-order valence-electron chi connectivity index (χ0n) is 15.7. The Kier molecular flexibility index (Phi) is 5.01. The lowest BCUT2D eigenvalue weighted by atomic mass is 9.82. The third-order valence-electron chi connectivity index (χ3n) is 5.43. The number of rotatable bonds is 2. The summed E-state index contributed by atoms with van der Waals surface area (Å²) in [5.41, 5.74) is -2.13. The Morgan fingerprint density at radius 3 is 2.15 bits per heavy atom. The average Bonchev–Trinajstić information content (AvgIpc) is 2.81. The molecule has 0 unspecified atom stereocenters. The number of aromatic nitrogens is 2. The van der Waals surface area contributed by atoms with Crippen molar-refractivity contribution in [3.05, 3.63) is 29.4 Å². The largest absolute Gasteiger partial charge is 0.525 e. The maximum atomic E-state index is 14.9. The van der Waals surface area contributed by atoms with Gasteiger partial charge in [0.2, 0.25) is 0 Å². The van der Waals surface area contributed by atoms with Crippen molar-refractivity contribution in [3.63, 3.8) is 0 Å². The Labute approximate surface area is 155 Å².